The summed E-state index contributed by atoms with van der Waals surface area (Å²) in [7, 11) is 0. The van der Waals surface area contributed by atoms with E-state index in [0.29, 0.717) is 5.02 Å². The molecule has 110 valence electrons. The summed E-state index contributed by atoms with van der Waals surface area (Å²) in [6.07, 6.45) is 0. The molecule has 21 heavy (non-hydrogen) atoms. The van der Waals surface area contributed by atoms with Gasteiger partial charge in [0.05, 0.1) is 12.6 Å². The van der Waals surface area contributed by atoms with Gasteiger partial charge in [-0.1, -0.05) is 67.1 Å². The molecule has 2 aromatic carbocycles. The van der Waals surface area contributed by atoms with Gasteiger partial charge in [0.15, 0.2) is 0 Å². The molecule has 3 nitrogen and oxygen atoms in total. The van der Waals surface area contributed by atoms with Gasteiger partial charge in [-0.3, -0.25) is 4.79 Å². The van der Waals surface area contributed by atoms with Crippen molar-refractivity contribution in [3.05, 3.63) is 70.7 Å². The van der Waals surface area contributed by atoms with E-state index in [-0.39, 0.29) is 24.4 Å². The van der Waals surface area contributed by atoms with Crippen LogP contribution in [0, 0.1) is 0 Å². The van der Waals surface area contributed by atoms with Crippen molar-refractivity contribution in [3.63, 3.8) is 0 Å². The molecular weight excluding hydrogens is 284 g/mol. The highest BCUT2D eigenvalue weighted by atomic mass is 35.5. The van der Waals surface area contributed by atoms with E-state index in [2.05, 4.69) is 12.2 Å². The summed E-state index contributed by atoms with van der Waals surface area (Å²) < 4.78 is 0. The molecular formula is C17H19ClN2O. The first kappa shape index (κ1) is 15.5. The number of benzene rings is 2. The highest BCUT2D eigenvalue weighted by Gasteiger charge is 2.23. The number of hydrogen-bond donors (Lipinski definition) is 2. The lowest BCUT2D eigenvalue weighted by Gasteiger charge is -2.26. The predicted octanol–water partition coefficient (Wildman–Crippen LogP) is 3.26. The van der Waals surface area contributed by atoms with Gasteiger partial charge in [0.1, 0.15) is 0 Å². The minimum absolute atomic E-state index is 0.0292. The lowest BCUT2D eigenvalue weighted by atomic mass is 9.88. The molecule has 0 fully saturated rings. The van der Waals surface area contributed by atoms with Crippen molar-refractivity contribution in [1.82, 2.24) is 5.32 Å². The molecule has 0 radical (unpaired) electrons. The Balaban J connectivity index is 2.35. The van der Waals surface area contributed by atoms with Gasteiger partial charge in [0.2, 0.25) is 5.91 Å². The molecule has 3 N–H and O–H groups in total. The molecule has 0 aliphatic carbocycles. The molecule has 0 aliphatic rings. The highest BCUT2D eigenvalue weighted by Crippen LogP contribution is 2.34. The molecule has 0 spiro atoms. The Labute approximate surface area is 130 Å². The normalized spacial score (nSPS) is 13.5. The van der Waals surface area contributed by atoms with Crippen LogP contribution in [0.3, 0.4) is 0 Å². The summed E-state index contributed by atoms with van der Waals surface area (Å²) in [5.41, 5.74) is 7.47. The monoisotopic (exact) mass is 302 g/mol. The van der Waals surface area contributed by atoms with Crippen LogP contribution in [0.25, 0.3) is 0 Å². The van der Waals surface area contributed by atoms with E-state index in [9.17, 15) is 4.79 Å². The lowest BCUT2D eigenvalue weighted by molar-refractivity contribution is -0.120. The maximum Gasteiger partial charge on any atom is 0.234 e. The Kier molecular flexibility index (Phi) is 5.37. The standard InChI is InChI=1S/C17H19ClN2O/c1-12(14-9-5-6-10-15(14)18)17(20-16(21)11-19)13-7-3-2-4-8-13/h2-10,12,17H,11,19H2,1H3,(H,20,21). The smallest absolute Gasteiger partial charge is 0.234 e. The van der Waals surface area contributed by atoms with Crippen LogP contribution in [-0.4, -0.2) is 12.5 Å². The fraction of sp³-hybridized carbons (Fsp3) is 0.235. The number of amides is 1. The summed E-state index contributed by atoms with van der Waals surface area (Å²) in [5, 5.41) is 3.69. The van der Waals surface area contributed by atoms with Gasteiger partial charge in [0.25, 0.3) is 0 Å². The topological polar surface area (TPSA) is 55.1 Å². The number of nitrogens with two attached hydrogens (primary N) is 1. The maximum absolute atomic E-state index is 11.7. The molecule has 0 saturated carbocycles. The van der Waals surface area contributed by atoms with Crippen molar-refractivity contribution >= 4 is 17.5 Å². The Morgan fingerprint density at radius 2 is 1.76 bits per heavy atom. The van der Waals surface area contributed by atoms with Crippen molar-refractivity contribution in [1.29, 1.82) is 0 Å². The van der Waals surface area contributed by atoms with E-state index in [4.69, 9.17) is 17.3 Å². The van der Waals surface area contributed by atoms with Gasteiger partial charge >= 0.3 is 0 Å². The van der Waals surface area contributed by atoms with Gasteiger partial charge in [-0.25, -0.2) is 0 Å². The van der Waals surface area contributed by atoms with E-state index < -0.39 is 0 Å². The van der Waals surface area contributed by atoms with Crippen LogP contribution >= 0.6 is 11.6 Å². The van der Waals surface area contributed by atoms with Crippen LogP contribution in [0.15, 0.2) is 54.6 Å². The molecule has 0 aliphatic heterocycles. The predicted molar refractivity (Wildman–Crippen MR) is 86.2 cm³/mol. The van der Waals surface area contributed by atoms with Crippen LogP contribution in [0.2, 0.25) is 5.02 Å². The van der Waals surface area contributed by atoms with Crippen molar-refractivity contribution in [2.24, 2.45) is 5.73 Å². The van der Waals surface area contributed by atoms with Crippen molar-refractivity contribution < 1.29 is 4.79 Å². The average Bonchev–Trinajstić information content (AvgIpc) is 2.53. The first-order valence-corrected chi connectivity index (χ1v) is 7.30. The van der Waals surface area contributed by atoms with Gasteiger partial charge in [-0.15, -0.1) is 0 Å². The molecule has 2 aromatic rings. The minimum atomic E-state index is -0.178. The zero-order valence-corrected chi connectivity index (χ0v) is 12.7. The molecule has 0 heterocycles. The number of nitrogens with one attached hydrogen (secondary N) is 1. The minimum Gasteiger partial charge on any atom is -0.348 e. The third-order valence-corrected chi connectivity index (χ3v) is 3.90. The summed E-state index contributed by atoms with van der Waals surface area (Å²) in [6, 6.07) is 17.4. The third kappa shape index (κ3) is 3.84. The van der Waals surface area contributed by atoms with E-state index >= 15 is 0 Å². The summed E-state index contributed by atoms with van der Waals surface area (Å²) >= 11 is 6.28. The zero-order valence-electron chi connectivity index (χ0n) is 11.9. The average molecular weight is 303 g/mol. The molecule has 2 unspecified atom stereocenters. The molecule has 0 bridgehead atoms. The van der Waals surface area contributed by atoms with Gasteiger partial charge in [-0.05, 0) is 17.2 Å². The summed E-state index contributed by atoms with van der Waals surface area (Å²) in [6.45, 7) is 2.02. The first-order valence-electron chi connectivity index (χ1n) is 6.92. The van der Waals surface area contributed by atoms with Crippen molar-refractivity contribution in [2.45, 2.75) is 18.9 Å². The SMILES string of the molecule is CC(c1ccccc1Cl)C(NC(=O)CN)c1ccccc1. The number of carbonyl (C=O) groups is 1. The second-order valence-electron chi connectivity index (χ2n) is 4.97. The number of rotatable bonds is 5. The fourth-order valence-corrected chi connectivity index (χ4v) is 2.72. The Morgan fingerprint density at radius 1 is 1.14 bits per heavy atom. The van der Waals surface area contributed by atoms with Gasteiger partial charge in [-0.2, -0.15) is 0 Å². The van der Waals surface area contributed by atoms with E-state index in [1.165, 1.54) is 0 Å². The Morgan fingerprint density at radius 3 is 2.38 bits per heavy atom. The highest BCUT2D eigenvalue weighted by molar-refractivity contribution is 6.31. The zero-order chi connectivity index (χ0) is 15.2. The van der Waals surface area contributed by atoms with Crippen LogP contribution < -0.4 is 11.1 Å². The first-order chi connectivity index (χ1) is 10.1. The Bertz CT molecular complexity index is 601. The molecule has 4 heteroatoms. The number of halogens is 1. The lowest BCUT2D eigenvalue weighted by Crippen LogP contribution is -2.36. The van der Waals surface area contributed by atoms with Crippen LogP contribution in [0.1, 0.15) is 30.0 Å². The van der Waals surface area contributed by atoms with Crippen molar-refractivity contribution in [2.75, 3.05) is 6.54 Å². The molecule has 0 aromatic heterocycles. The van der Waals surface area contributed by atoms with E-state index in [1.807, 2.05) is 54.6 Å². The quantitative estimate of drug-likeness (QED) is 0.890. The second-order valence-corrected chi connectivity index (χ2v) is 5.38. The third-order valence-electron chi connectivity index (χ3n) is 3.56. The summed E-state index contributed by atoms with van der Waals surface area (Å²) in [4.78, 5) is 11.7. The van der Waals surface area contributed by atoms with Gasteiger partial charge < -0.3 is 11.1 Å². The van der Waals surface area contributed by atoms with E-state index in [1.54, 1.807) is 0 Å². The summed E-state index contributed by atoms with van der Waals surface area (Å²) in [5.74, 6) is -0.139. The largest absolute Gasteiger partial charge is 0.348 e. The molecule has 2 rings (SSSR count). The van der Waals surface area contributed by atoms with Crippen molar-refractivity contribution in [3.8, 4) is 0 Å². The van der Waals surface area contributed by atoms with Crippen LogP contribution in [0.4, 0.5) is 0 Å². The molecule has 1 amide bonds. The Hall–Kier alpha value is -1.84. The van der Waals surface area contributed by atoms with Crippen LogP contribution in [-0.2, 0) is 4.79 Å². The molecule has 2 atom stereocenters. The van der Waals surface area contributed by atoms with Gasteiger partial charge in [0, 0.05) is 10.9 Å². The molecule has 0 saturated heterocycles. The second kappa shape index (κ2) is 7.25. The van der Waals surface area contributed by atoms with E-state index in [0.717, 1.165) is 11.1 Å². The maximum atomic E-state index is 11.7. The fourth-order valence-electron chi connectivity index (χ4n) is 2.41. The number of carbonyl (C=O) groups excluding carboxylic acids is 1. The van der Waals surface area contributed by atoms with Crippen LogP contribution in [0.5, 0.6) is 0 Å². The number of hydrogen-bond acceptors (Lipinski definition) is 2.